The molecule has 6 aromatic heterocycles. The Kier molecular flexibility index (Phi) is 9.88. The molecule has 3 aliphatic rings. The summed E-state index contributed by atoms with van der Waals surface area (Å²) in [4.78, 5) is 14.7. The van der Waals surface area contributed by atoms with Crippen molar-refractivity contribution in [3.63, 3.8) is 0 Å². The molecule has 0 aliphatic carbocycles. The van der Waals surface area contributed by atoms with Crippen LogP contribution in [0.3, 0.4) is 0 Å². The first-order valence-corrected chi connectivity index (χ1v) is 25.3. The zero-order valence-corrected chi connectivity index (χ0v) is 45.8. The Morgan fingerprint density at radius 1 is 0.443 bits per heavy atom. The summed E-state index contributed by atoms with van der Waals surface area (Å²) < 4.78 is 8.20. The molecule has 0 spiro atoms. The van der Waals surface area contributed by atoms with Gasteiger partial charge in [0.15, 0.2) is 0 Å². The van der Waals surface area contributed by atoms with E-state index in [1.54, 1.807) is 0 Å². The fourth-order valence-electron chi connectivity index (χ4n) is 13.0. The van der Waals surface area contributed by atoms with Crippen LogP contribution < -0.4 is 0 Å². The van der Waals surface area contributed by atoms with Crippen molar-refractivity contribution in [3.05, 3.63) is 176 Å². The van der Waals surface area contributed by atoms with Gasteiger partial charge in [0, 0.05) is 70.7 Å². The largest absolute Gasteiger partial charge is 0.337 e. The molecule has 12 aromatic rings. The van der Waals surface area contributed by atoms with Gasteiger partial charge in [-0.05, 0) is 124 Å². The van der Waals surface area contributed by atoms with Crippen LogP contribution in [0.1, 0.15) is 103 Å². The summed E-state index contributed by atoms with van der Waals surface area (Å²) in [5.74, 6) is 0. The molecule has 0 N–H and O–H groups in total. The number of aryl methyl sites for hydroxylation is 5. The van der Waals surface area contributed by atoms with Crippen molar-refractivity contribution < 1.29 is 20.1 Å². The predicted octanol–water partition coefficient (Wildman–Crippen LogP) is 15.5. The molecule has 9 heterocycles. The summed E-state index contributed by atoms with van der Waals surface area (Å²) >= 11 is 3.71. The molecule has 15 rings (SSSR count). The number of aromatic nitrogens is 6. The first kappa shape index (κ1) is 45.2. The fourth-order valence-corrected chi connectivity index (χ4v) is 13.5. The maximum absolute atomic E-state index is 4.95. The van der Waals surface area contributed by atoms with Gasteiger partial charge < -0.3 is 4.40 Å². The van der Waals surface area contributed by atoms with E-state index in [-0.39, 0.29) is 36.4 Å². The minimum Gasteiger partial charge on any atom is -0.337 e. The fraction of sp³-hybridized carbons (Fsp3) is 0.274. The molecule has 0 atom stereocenters. The molecule has 1 radical (unpaired) electrons. The number of hydrogen-bond donors (Lipinski definition) is 0. The smallest absolute Gasteiger partial charge is 0.146 e. The Morgan fingerprint density at radius 2 is 0.814 bits per heavy atom. The second-order valence-electron chi connectivity index (χ2n) is 22.3. The molecule has 0 unspecified atom stereocenters. The van der Waals surface area contributed by atoms with Crippen molar-refractivity contribution in [3.8, 4) is 0 Å². The van der Waals surface area contributed by atoms with E-state index in [0.29, 0.717) is 0 Å². The number of rotatable bonds is 0. The molecular weight excluding hydrogens is 1100 g/mol. The number of pyridine rings is 3. The molecule has 0 saturated carbocycles. The van der Waals surface area contributed by atoms with Crippen molar-refractivity contribution >= 4 is 97.9 Å². The Hall–Kier alpha value is -5.92. The molecule has 351 valence electrons. The van der Waals surface area contributed by atoms with Crippen molar-refractivity contribution in [1.82, 2.24) is 28.2 Å². The monoisotopic (exact) mass is 1160 g/mol. The Labute approximate surface area is 430 Å². The summed E-state index contributed by atoms with van der Waals surface area (Å²) in [6.07, 6.45) is 3.07. The standard InChI is InChI=1S/C21H20N2.C21H19N2.C20H17BrN2.Ir/c2*1-12-9-10-16-19-18(12)14-7-5-6-8-15(14)20-22-13(2)17(23(19)20)11-21(16,3)4;1-11-8-9-14-17-16(11)12-6-4-5-7-13(12)19-22-18(21)15(23(17)19)10-20(14,2)3;/h5-10H,11H2,1-4H3;5-7,9-10H,11H2,1-4H3;4-9H,10H2,1-3H3;/q;-1;;. The predicted molar refractivity (Wildman–Crippen MR) is 291 cm³/mol. The summed E-state index contributed by atoms with van der Waals surface area (Å²) in [6, 6.07) is 40.8. The van der Waals surface area contributed by atoms with Crippen LogP contribution in [0.2, 0.25) is 0 Å². The van der Waals surface area contributed by atoms with E-state index in [1.807, 2.05) is 6.07 Å². The quantitative estimate of drug-likeness (QED) is 0.112. The normalized spacial score (nSPS) is 15.8. The van der Waals surface area contributed by atoms with Crippen LogP contribution in [-0.2, 0) is 55.6 Å². The van der Waals surface area contributed by atoms with Gasteiger partial charge in [0.25, 0.3) is 0 Å². The maximum Gasteiger partial charge on any atom is 0.146 e. The van der Waals surface area contributed by atoms with Gasteiger partial charge in [-0.25, -0.2) is 9.97 Å². The van der Waals surface area contributed by atoms with E-state index >= 15 is 0 Å². The van der Waals surface area contributed by atoms with E-state index in [1.165, 1.54) is 116 Å². The zero-order chi connectivity index (χ0) is 47.8. The van der Waals surface area contributed by atoms with Gasteiger partial charge in [-0.15, -0.1) is 29.7 Å². The van der Waals surface area contributed by atoms with E-state index < -0.39 is 0 Å². The second-order valence-corrected chi connectivity index (χ2v) is 23.1. The van der Waals surface area contributed by atoms with Crippen molar-refractivity contribution in [2.24, 2.45) is 0 Å². The molecule has 70 heavy (non-hydrogen) atoms. The van der Waals surface area contributed by atoms with Gasteiger partial charge >= 0.3 is 0 Å². The van der Waals surface area contributed by atoms with Gasteiger partial charge in [-0.3, -0.25) is 13.8 Å². The molecule has 3 aliphatic heterocycles. The zero-order valence-electron chi connectivity index (χ0n) is 41.8. The van der Waals surface area contributed by atoms with Crippen molar-refractivity contribution in [2.75, 3.05) is 0 Å². The van der Waals surface area contributed by atoms with Crippen LogP contribution in [0.5, 0.6) is 0 Å². The van der Waals surface area contributed by atoms with Crippen LogP contribution in [0, 0.1) is 40.7 Å². The average molecular weight is 1160 g/mol. The van der Waals surface area contributed by atoms with Crippen molar-refractivity contribution in [1.29, 1.82) is 0 Å². The Bertz CT molecular complexity index is 3840. The van der Waals surface area contributed by atoms with Gasteiger partial charge in [0.1, 0.15) is 15.9 Å². The number of hydrogen-bond acceptors (Lipinski definition) is 3. The van der Waals surface area contributed by atoms with Crippen LogP contribution in [0.15, 0.2) is 108 Å². The van der Waals surface area contributed by atoms with Crippen LogP contribution in [0.4, 0.5) is 0 Å². The van der Waals surface area contributed by atoms with Crippen LogP contribution in [-0.4, -0.2) is 28.2 Å². The molecule has 0 saturated heterocycles. The summed E-state index contributed by atoms with van der Waals surface area (Å²) in [6.45, 7) is 25.0. The number of fused-ring (bicyclic) bond motifs is 9. The summed E-state index contributed by atoms with van der Waals surface area (Å²) in [7, 11) is 0. The number of benzene rings is 6. The molecule has 6 nitrogen and oxygen atoms in total. The van der Waals surface area contributed by atoms with Gasteiger partial charge in [-0.1, -0.05) is 137 Å². The Morgan fingerprint density at radius 3 is 1.30 bits per heavy atom. The van der Waals surface area contributed by atoms with Crippen molar-refractivity contribution in [2.45, 2.75) is 112 Å². The second kappa shape index (κ2) is 15.3. The molecule has 8 heteroatoms. The van der Waals surface area contributed by atoms with Crippen LogP contribution >= 0.6 is 15.9 Å². The van der Waals surface area contributed by atoms with E-state index in [9.17, 15) is 0 Å². The minimum atomic E-state index is 0. The number of imidazole rings is 3. The molecule has 0 fully saturated rings. The third-order valence-electron chi connectivity index (χ3n) is 16.3. The maximum atomic E-state index is 4.95. The first-order chi connectivity index (χ1) is 33.0. The number of halogens is 1. The van der Waals surface area contributed by atoms with Crippen LogP contribution in [0.25, 0.3) is 82.0 Å². The van der Waals surface area contributed by atoms with Gasteiger partial charge in [0.05, 0.1) is 28.1 Å². The third-order valence-corrected chi connectivity index (χ3v) is 17.0. The molecule has 0 amide bonds. The minimum absolute atomic E-state index is 0. The summed E-state index contributed by atoms with van der Waals surface area (Å²) in [5.41, 5.74) is 22.3. The number of nitrogens with zero attached hydrogens (tertiary/aromatic N) is 6. The van der Waals surface area contributed by atoms with E-state index in [4.69, 9.17) is 15.0 Å². The third kappa shape index (κ3) is 6.09. The van der Waals surface area contributed by atoms with E-state index in [2.05, 4.69) is 208 Å². The SMILES string of the molecule is Cc1ccc2c3c1c1ccccc1c1nc(Br)c(n13)CC2(C)C.Cc1nc2c3[c-]cccc3c3c(C)ccc4c3n2c1CC4(C)C.Cc1nc2c3ccccc3c3c(C)ccc4c3n2c1CC4(C)C.[Ir]. The summed E-state index contributed by atoms with van der Waals surface area (Å²) in [5, 5.41) is 11.6. The van der Waals surface area contributed by atoms with Gasteiger partial charge in [0.2, 0.25) is 0 Å². The topological polar surface area (TPSA) is 51.9 Å². The first-order valence-electron chi connectivity index (χ1n) is 24.5. The molecule has 6 aromatic carbocycles. The Balaban J connectivity index is 0.000000107. The molecular formula is C62H56BrIrN6-. The van der Waals surface area contributed by atoms with Gasteiger partial charge in [-0.2, -0.15) is 0 Å². The van der Waals surface area contributed by atoms with E-state index in [0.717, 1.165) is 51.9 Å². The molecule has 0 bridgehead atoms. The average Bonchev–Trinajstić information content (AvgIpc) is 3.95.